The molecule has 0 spiro atoms. The van der Waals surface area contributed by atoms with E-state index in [1.165, 1.54) is 0 Å². The molecule has 3 N–H and O–H groups in total. The van der Waals surface area contributed by atoms with Crippen LogP contribution in [0.2, 0.25) is 0 Å². The van der Waals surface area contributed by atoms with Gasteiger partial charge in [0.1, 0.15) is 6.04 Å². The summed E-state index contributed by atoms with van der Waals surface area (Å²) >= 11 is 0. The zero-order valence-electron chi connectivity index (χ0n) is 6.60. The molecule has 1 aromatic carbocycles. The highest BCUT2D eigenvalue weighted by Gasteiger charge is 2.10. The van der Waals surface area contributed by atoms with E-state index in [4.69, 9.17) is 10.8 Å². The summed E-state index contributed by atoms with van der Waals surface area (Å²) in [5.74, 6) is -0.959. The Bertz CT molecular complexity index is 258. The number of benzene rings is 1. The highest BCUT2D eigenvalue weighted by molar-refractivity contribution is 5.73. The first-order chi connectivity index (χ1) is 5.70. The van der Waals surface area contributed by atoms with Gasteiger partial charge in [-0.2, -0.15) is 0 Å². The lowest BCUT2D eigenvalue weighted by Crippen LogP contribution is -2.32. The molecule has 0 unspecified atom stereocenters. The maximum atomic E-state index is 10.4. The van der Waals surface area contributed by atoms with Crippen molar-refractivity contribution in [2.24, 2.45) is 5.73 Å². The molecule has 0 saturated carbocycles. The van der Waals surface area contributed by atoms with Crippen LogP contribution in [0.25, 0.3) is 0 Å². The number of aliphatic carboxylic acids is 1. The van der Waals surface area contributed by atoms with E-state index < -0.39 is 12.0 Å². The standard InChI is InChI=1S/C9H11NO2/c10-8(9(11)12)6-7-4-2-1-3-5-7/h1-5,8H,6,10H2,(H,11,12)/t8-/m1/s1/i8+2. The highest BCUT2D eigenvalue weighted by Crippen LogP contribution is 2.01. The molecule has 64 valence electrons. The summed E-state index contributed by atoms with van der Waals surface area (Å²) in [4.78, 5) is 10.4. The number of carbonyl (C=O) groups is 1. The predicted octanol–water partition coefficient (Wildman–Crippen LogP) is 0.641. The van der Waals surface area contributed by atoms with Gasteiger partial charge in [0.2, 0.25) is 0 Å². The first-order valence-electron chi connectivity index (χ1n) is 3.72. The summed E-state index contributed by atoms with van der Waals surface area (Å²) < 4.78 is 0. The summed E-state index contributed by atoms with van der Waals surface area (Å²) in [5, 5.41) is 8.52. The Morgan fingerprint density at radius 1 is 1.42 bits per heavy atom. The van der Waals surface area contributed by atoms with Gasteiger partial charge in [0, 0.05) is 0 Å². The number of hydrogen-bond acceptors (Lipinski definition) is 2. The smallest absolute Gasteiger partial charge is 0.320 e. The lowest BCUT2D eigenvalue weighted by molar-refractivity contribution is -0.138. The molecule has 0 radical (unpaired) electrons. The normalized spacial score (nSPS) is 12.4. The van der Waals surface area contributed by atoms with Gasteiger partial charge < -0.3 is 10.8 Å². The molecule has 0 aliphatic rings. The Kier molecular flexibility index (Phi) is 2.82. The van der Waals surface area contributed by atoms with Crippen molar-refractivity contribution in [1.82, 2.24) is 0 Å². The quantitative estimate of drug-likeness (QED) is 0.694. The van der Waals surface area contributed by atoms with E-state index in [-0.39, 0.29) is 0 Å². The van der Waals surface area contributed by atoms with Crippen LogP contribution in [-0.2, 0) is 11.2 Å². The average molecular weight is 167 g/mol. The first kappa shape index (κ1) is 8.74. The van der Waals surface area contributed by atoms with Crippen molar-refractivity contribution in [2.75, 3.05) is 0 Å². The molecule has 0 bridgehead atoms. The molecule has 1 rings (SSSR count). The van der Waals surface area contributed by atoms with Gasteiger partial charge in [0.25, 0.3) is 0 Å². The minimum absolute atomic E-state index is 0.385. The Morgan fingerprint density at radius 2 is 2.00 bits per heavy atom. The molecule has 3 heteroatoms. The minimum atomic E-state index is -0.959. The first-order valence-corrected chi connectivity index (χ1v) is 3.72. The Balaban J connectivity index is 2.58. The van der Waals surface area contributed by atoms with Gasteiger partial charge in [0.05, 0.1) is 0 Å². The van der Waals surface area contributed by atoms with E-state index in [1.54, 1.807) is 0 Å². The number of carboxylic acids is 1. The van der Waals surface area contributed by atoms with E-state index >= 15 is 0 Å². The Morgan fingerprint density at radius 3 is 2.50 bits per heavy atom. The maximum Gasteiger partial charge on any atom is 0.320 e. The van der Waals surface area contributed by atoms with E-state index in [0.717, 1.165) is 5.56 Å². The molecule has 3 nitrogen and oxygen atoms in total. The van der Waals surface area contributed by atoms with E-state index in [2.05, 4.69) is 0 Å². The van der Waals surface area contributed by atoms with E-state index in [0.29, 0.717) is 6.42 Å². The summed E-state index contributed by atoms with van der Waals surface area (Å²) in [7, 11) is 0. The fourth-order valence-electron chi connectivity index (χ4n) is 0.955. The molecule has 0 aromatic heterocycles. The van der Waals surface area contributed by atoms with Gasteiger partial charge in [-0.15, -0.1) is 0 Å². The van der Waals surface area contributed by atoms with Crippen LogP contribution in [0.15, 0.2) is 30.3 Å². The summed E-state index contributed by atoms with van der Waals surface area (Å²) in [5.41, 5.74) is 6.30. The number of carboxylic acid groups (broad SMARTS) is 1. The summed E-state index contributed by atoms with van der Waals surface area (Å²) in [6.45, 7) is 0. The SMILES string of the molecule is N[14C@H](Cc1ccccc1)C(=O)O. The van der Waals surface area contributed by atoms with E-state index in [9.17, 15) is 4.79 Å². The van der Waals surface area contributed by atoms with Gasteiger partial charge in [-0.3, -0.25) is 4.79 Å². The molecule has 0 aliphatic heterocycles. The van der Waals surface area contributed by atoms with Crippen LogP contribution in [-0.4, -0.2) is 17.1 Å². The van der Waals surface area contributed by atoms with Crippen LogP contribution in [0.5, 0.6) is 0 Å². The van der Waals surface area contributed by atoms with Crippen LogP contribution < -0.4 is 5.73 Å². The minimum Gasteiger partial charge on any atom is -0.480 e. The van der Waals surface area contributed by atoms with Gasteiger partial charge in [-0.05, 0) is 12.0 Å². The average Bonchev–Trinajstić information content (AvgIpc) is 2.06. The molecule has 0 fully saturated rings. The summed E-state index contributed by atoms with van der Waals surface area (Å²) in [6, 6.07) is 8.54. The van der Waals surface area contributed by atoms with Crippen LogP contribution in [0.1, 0.15) is 5.56 Å². The zero-order valence-corrected chi connectivity index (χ0v) is 6.60. The second-order valence-corrected chi connectivity index (χ2v) is 2.63. The van der Waals surface area contributed by atoms with Crippen LogP contribution >= 0.6 is 0 Å². The van der Waals surface area contributed by atoms with Crippen LogP contribution in [0.4, 0.5) is 0 Å². The molecule has 12 heavy (non-hydrogen) atoms. The number of hydrogen-bond donors (Lipinski definition) is 2. The topological polar surface area (TPSA) is 63.3 Å². The Labute approximate surface area is 70.8 Å². The van der Waals surface area contributed by atoms with Crippen LogP contribution in [0.3, 0.4) is 0 Å². The third kappa shape index (κ3) is 2.36. The molecule has 0 saturated heterocycles. The monoisotopic (exact) mass is 167 g/mol. The highest BCUT2D eigenvalue weighted by atomic mass is 16.4. The van der Waals surface area contributed by atoms with Gasteiger partial charge >= 0.3 is 5.97 Å². The summed E-state index contributed by atoms with van der Waals surface area (Å²) in [6.07, 6.45) is 0.385. The second kappa shape index (κ2) is 3.88. The maximum absolute atomic E-state index is 10.4. The van der Waals surface area contributed by atoms with Crippen molar-refractivity contribution >= 4 is 5.97 Å². The molecule has 0 heterocycles. The molecular formula is C9H11NO2. The van der Waals surface area contributed by atoms with Crippen LogP contribution in [0, 0.1) is 0 Å². The fourth-order valence-corrected chi connectivity index (χ4v) is 0.955. The van der Waals surface area contributed by atoms with Crippen molar-refractivity contribution in [3.8, 4) is 0 Å². The van der Waals surface area contributed by atoms with Crippen molar-refractivity contribution in [2.45, 2.75) is 12.5 Å². The number of nitrogens with two attached hydrogens (primary N) is 1. The second-order valence-electron chi connectivity index (χ2n) is 2.63. The molecule has 0 aliphatic carbocycles. The molecule has 0 amide bonds. The zero-order chi connectivity index (χ0) is 8.97. The van der Waals surface area contributed by atoms with Gasteiger partial charge in [-0.25, -0.2) is 0 Å². The van der Waals surface area contributed by atoms with Crippen molar-refractivity contribution < 1.29 is 9.90 Å². The fraction of sp³-hybridized carbons (Fsp3) is 0.222. The predicted molar refractivity (Wildman–Crippen MR) is 45.8 cm³/mol. The van der Waals surface area contributed by atoms with Gasteiger partial charge in [0.15, 0.2) is 0 Å². The lowest BCUT2D eigenvalue weighted by atomic mass is 10.2. The third-order valence-corrected chi connectivity index (χ3v) is 1.62. The third-order valence-electron chi connectivity index (χ3n) is 1.62. The van der Waals surface area contributed by atoms with Gasteiger partial charge in [-0.1, -0.05) is 30.3 Å². The lowest BCUT2D eigenvalue weighted by Gasteiger charge is -2.04. The molecule has 1 atom stereocenters. The van der Waals surface area contributed by atoms with Crippen molar-refractivity contribution in [3.63, 3.8) is 0 Å². The molecular weight excluding hydrogens is 156 g/mol. The molecule has 1 aromatic rings. The van der Waals surface area contributed by atoms with Crippen molar-refractivity contribution in [1.29, 1.82) is 0 Å². The van der Waals surface area contributed by atoms with E-state index in [1.807, 2.05) is 30.3 Å². The Hall–Kier alpha value is -1.35. The van der Waals surface area contributed by atoms with Crippen molar-refractivity contribution in [3.05, 3.63) is 35.9 Å². The number of rotatable bonds is 3. The largest absolute Gasteiger partial charge is 0.480 e.